The molecule has 1 aliphatic carbocycles. The van der Waals surface area contributed by atoms with Crippen molar-refractivity contribution in [2.24, 2.45) is 5.92 Å². The highest BCUT2D eigenvalue weighted by Gasteiger charge is 2.20. The number of hydrogen-bond donors (Lipinski definition) is 2. The number of carbonyl (C=O) groups is 2. The minimum Gasteiger partial charge on any atom is -0.352 e. The maximum atomic E-state index is 12.0. The lowest BCUT2D eigenvalue weighted by atomic mass is 9.83. The highest BCUT2D eigenvalue weighted by atomic mass is 16.2. The number of benzene rings is 1. The highest BCUT2D eigenvalue weighted by Crippen LogP contribution is 2.28. The Kier molecular flexibility index (Phi) is 3.23. The number of nitrogens with one attached hydrogen (secondary N) is 2. The van der Waals surface area contributed by atoms with E-state index in [-0.39, 0.29) is 11.8 Å². The molecule has 100 valence electrons. The molecule has 4 heteroatoms. The van der Waals surface area contributed by atoms with Crippen LogP contribution < -0.4 is 10.6 Å². The zero-order valence-corrected chi connectivity index (χ0v) is 10.9. The van der Waals surface area contributed by atoms with Crippen LogP contribution >= 0.6 is 0 Å². The van der Waals surface area contributed by atoms with Gasteiger partial charge in [0.05, 0.1) is 6.42 Å². The molecule has 0 atom stereocenters. The molecule has 2 amide bonds. The van der Waals surface area contributed by atoms with Gasteiger partial charge in [-0.1, -0.05) is 25.3 Å². The van der Waals surface area contributed by atoms with Gasteiger partial charge in [0.15, 0.2) is 0 Å². The summed E-state index contributed by atoms with van der Waals surface area (Å²) in [6.45, 7) is 0.743. The minimum atomic E-state index is -0.0525. The standard InChI is InChI=1S/C15H18N2O2/c18-14-9-11-4-5-12(8-13(11)17-14)15(19)16-7-6-10-2-1-3-10/h4-5,8,10H,1-3,6-7,9H2,(H,16,19)(H,17,18). The molecular weight excluding hydrogens is 240 g/mol. The predicted molar refractivity (Wildman–Crippen MR) is 73.1 cm³/mol. The highest BCUT2D eigenvalue weighted by molar-refractivity contribution is 6.02. The lowest BCUT2D eigenvalue weighted by Gasteiger charge is -2.25. The van der Waals surface area contributed by atoms with Crippen LogP contribution in [0.2, 0.25) is 0 Å². The van der Waals surface area contributed by atoms with Crippen LogP contribution in [0.25, 0.3) is 0 Å². The van der Waals surface area contributed by atoms with Crippen LogP contribution in [0.1, 0.15) is 41.6 Å². The van der Waals surface area contributed by atoms with Crippen molar-refractivity contribution in [3.63, 3.8) is 0 Å². The molecule has 1 aromatic carbocycles. The molecule has 4 nitrogen and oxygen atoms in total. The van der Waals surface area contributed by atoms with Crippen molar-refractivity contribution < 1.29 is 9.59 Å². The SMILES string of the molecule is O=C1Cc2ccc(C(=O)NCCC3CCC3)cc2N1. The number of anilines is 1. The average Bonchev–Trinajstić information content (AvgIpc) is 2.70. The molecule has 1 saturated carbocycles. The Bertz CT molecular complexity index is 521. The van der Waals surface area contributed by atoms with Gasteiger partial charge in [-0.3, -0.25) is 9.59 Å². The summed E-state index contributed by atoms with van der Waals surface area (Å²) in [6.07, 6.45) is 5.44. The van der Waals surface area contributed by atoms with Gasteiger partial charge in [0, 0.05) is 17.8 Å². The molecule has 0 saturated heterocycles. The summed E-state index contributed by atoms with van der Waals surface area (Å²) >= 11 is 0. The smallest absolute Gasteiger partial charge is 0.251 e. The van der Waals surface area contributed by atoms with E-state index >= 15 is 0 Å². The van der Waals surface area contributed by atoms with Crippen molar-refractivity contribution in [3.8, 4) is 0 Å². The van der Waals surface area contributed by atoms with Crippen molar-refractivity contribution in [1.29, 1.82) is 0 Å². The molecule has 19 heavy (non-hydrogen) atoms. The second-order valence-electron chi connectivity index (χ2n) is 5.44. The van der Waals surface area contributed by atoms with Gasteiger partial charge < -0.3 is 10.6 Å². The third kappa shape index (κ3) is 2.62. The lowest BCUT2D eigenvalue weighted by molar-refractivity contribution is -0.115. The zero-order valence-electron chi connectivity index (χ0n) is 10.9. The first-order valence-electron chi connectivity index (χ1n) is 6.93. The van der Waals surface area contributed by atoms with Gasteiger partial charge in [-0.25, -0.2) is 0 Å². The quantitative estimate of drug-likeness (QED) is 0.869. The topological polar surface area (TPSA) is 58.2 Å². The van der Waals surface area contributed by atoms with Gasteiger partial charge in [0.25, 0.3) is 5.91 Å². The van der Waals surface area contributed by atoms with Crippen molar-refractivity contribution in [3.05, 3.63) is 29.3 Å². The van der Waals surface area contributed by atoms with E-state index in [2.05, 4.69) is 10.6 Å². The Morgan fingerprint density at radius 2 is 2.21 bits per heavy atom. The summed E-state index contributed by atoms with van der Waals surface area (Å²) in [5.74, 6) is 0.750. The van der Waals surface area contributed by atoms with Gasteiger partial charge in [-0.15, -0.1) is 0 Å². The Morgan fingerprint density at radius 1 is 1.37 bits per heavy atom. The molecule has 3 rings (SSSR count). The van der Waals surface area contributed by atoms with E-state index in [9.17, 15) is 9.59 Å². The van der Waals surface area contributed by atoms with E-state index in [1.54, 1.807) is 12.1 Å². The van der Waals surface area contributed by atoms with Crippen molar-refractivity contribution in [2.75, 3.05) is 11.9 Å². The number of carbonyl (C=O) groups excluding carboxylic acids is 2. The van der Waals surface area contributed by atoms with Crippen molar-refractivity contribution in [1.82, 2.24) is 5.32 Å². The van der Waals surface area contributed by atoms with E-state index in [0.29, 0.717) is 12.0 Å². The first-order chi connectivity index (χ1) is 9.22. The van der Waals surface area contributed by atoms with Crippen LogP contribution in [0.5, 0.6) is 0 Å². The van der Waals surface area contributed by atoms with Crippen LogP contribution in [0.15, 0.2) is 18.2 Å². The fourth-order valence-electron chi connectivity index (χ4n) is 2.63. The molecule has 0 radical (unpaired) electrons. The minimum absolute atomic E-state index is 0.00228. The summed E-state index contributed by atoms with van der Waals surface area (Å²) in [5.41, 5.74) is 2.36. The van der Waals surface area contributed by atoms with Crippen LogP contribution in [0.4, 0.5) is 5.69 Å². The van der Waals surface area contributed by atoms with E-state index in [0.717, 1.165) is 30.1 Å². The summed E-state index contributed by atoms with van der Waals surface area (Å²) in [6, 6.07) is 5.41. The molecule has 1 fully saturated rings. The van der Waals surface area contributed by atoms with Crippen molar-refractivity contribution >= 4 is 17.5 Å². The second-order valence-corrected chi connectivity index (χ2v) is 5.44. The fraction of sp³-hybridized carbons (Fsp3) is 0.467. The number of fused-ring (bicyclic) bond motifs is 1. The van der Waals surface area contributed by atoms with Gasteiger partial charge in [0.1, 0.15) is 0 Å². The number of hydrogen-bond acceptors (Lipinski definition) is 2. The van der Waals surface area contributed by atoms with Crippen molar-refractivity contribution in [2.45, 2.75) is 32.1 Å². The Hall–Kier alpha value is -1.84. The summed E-state index contributed by atoms with van der Waals surface area (Å²) in [5, 5.41) is 5.72. The van der Waals surface area contributed by atoms with E-state index in [1.807, 2.05) is 6.07 Å². The maximum absolute atomic E-state index is 12.0. The number of rotatable bonds is 4. The molecule has 0 spiro atoms. The molecular formula is C15H18N2O2. The molecule has 2 aliphatic rings. The van der Waals surface area contributed by atoms with Gasteiger partial charge in [-0.05, 0) is 30.0 Å². The molecule has 0 bridgehead atoms. The van der Waals surface area contributed by atoms with E-state index in [4.69, 9.17) is 0 Å². The van der Waals surface area contributed by atoms with E-state index < -0.39 is 0 Å². The predicted octanol–water partition coefficient (Wildman–Crippen LogP) is 2.10. The average molecular weight is 258 g/mol. The van der Waals surface area contributed by atoms with Gasteiger partial charge >= 0.3 is 0 Å². The van der Waals surface area contributed by atoms with Crippen LogP contribution in [-0.4, -0.2) is 18.4 Å². The first kappa shape index (κ1) is 12.2. The third-order valence-electron chi connectivity index (χ3n) is 4.06. The molecule has 0 aromatic heterocycles. The Labute approximate surface area is 112 Å². The largest absolute Gasteiger partial charge is 0.352 e. The molecule has 1 aromatic rings. The number of amides is 2. The third-order valence-corrected chi connectivity index (χ3v) is 4.06. The monoisotopic (exact) mass is 258 g/mol. The molecule has 2 N–H and O–H groups in total. The second kappa shape index (κ2) is 5.03. The maximum Gasteiger partial charge on any atom is 0.251 e. The van der Waals surface area contributed by atoms with E-state index in [1.165, 1.54) is 19.3 Å². The van der Waals surface area contributed by atoms with Gasteiger partial charge in [0.2, 0.25) is 5.91 Å². The fourth-order valence-corrected chi connectivity index (χ4v) is 2.63. The van der Waals surface area contributed by atoms with Crippen LogP contribution in [-0.2, 0) is 11.2 Å². The molecule has 1 heterocycles. The molecule has 0 unspecified atom stereocenters. The summed E-state index contributed by atoms with van der Waals surface area (Å²) in [4.78, 5) is 23.2. The molecule has 1 aliphatic heterocycles. The van der Waals surface area contributed by atoms with Crippen LogP contribution in [0, 0.1) is 5.92 Å². The Balaban J connectivity index is 1.57. The zero-order chi connectivity index (χ0) is 13.2. The summed E-state index contributed by atoms with van der Waals surface area (Å²) < 4.78 is 0. The Morgan fingerprint density at radius 3 is 2.95 bits per heavy atom. The lowest BCUT2D eigenvalue weighted by Crippen LogP contribution is -2.27. The summed E-state index contributed by atoms with van der Waals surface area (Å²) in [7, 11) is 0. The van der Waals surface area contributed by atoms with Crippen LogP contribution in [0.3, 0.4) is 0 Å². The van der Waals surface area contributed by atoms with Gasteiger partial charge in [-0.2, -0.15) is 0 Å². The first-order valence-corrected chi connectivity index (χ1v) is 6.93. The normalized spacial score (nSPS) is 17.6.